The molecule has 3 aromatic carbocycles. The lowest BCUT2D eigenvalue weighted by Crippen LogP contribution is -2.54. The molecular weight excluding hydrogens is 438 g/mol. The Hall–Kier alpha value is -3.59. The van der Waals surface area contributed by atoms with E-state index < -0.39 is 43.9 Å². The first kappa shape index (κ1) is 20.3. The van der Waals surface area contributed by atoms with Crippen LogP contribution in [0.15, 0.2) is 72.8 Å². The van der Waals surface area contributed by atoms with Crippen molar-refractivity contribution >= 4 is 33.0 Å². The SMILES string of the molecule is O=C1CS(=O)(=O)C2(C(=O)N(Cc3ccc(F)cc3)c3ccccc32)N1c1ccc(F)cc1. The summed E-state index contributed by atoms with van der Waals surface area (Å²) in [6.45, 7) is -0.0150. The Kier molecular flexibility index (Phi) is 4.42. The first-order chi connectivity index (χ1) is 15.3. The molecule has 1 spiro atoms. The summed E-state index contributed by atoms with van der Waals surface area (Å²) < 4.78 is 53.7. The van der Waals surface area contributed by atoms with Crippen LogP contribution < -0.4 is 9.80 Å². The fourth-order valence-electron chi connectivity index (χ4n) is 4.41. The van der Waals surface area contributed by atoms with Crippen molar-refractivity contribution in [3.05, 3.63) is 95.6 Å². The lowest BCUT2D eigenvalue weighted by Gasteiger charge is -2.32. The van der Waals surface area contributed by atoms with Crippen LogP contribution in [0.25, 0.3) is 0 Å². The molecular formula is C23H16F2N2O4S. The van der Waals surface area contributed by atoms with E-state index in [1.165, 1.54) is 47.4 Å². The zero-order chi connectivity index (χ0) is 22.7. The molecule has 2 heterocycles. The Morgan fingerprint density at radius 3 is 2.09 bits per heavy atom. The van der Waals surface area contributed by atoms with Crippen molar-refractivity contribution in [3.63, 3.8) is 0 Å². The van der Waals surface area contributed by atoms with Crippen molar-refractivity contribution in [3.8, 4) is 0 Å². The standard InChI is InChI=1S/C23H16F2N2O4S/c24-16-7-5-15(6-8-16)13-26-20-4-2-1-3-19(20)23(22(26)29)27(21(28)14-32(23,30)31)18-11-9-17(25)10-12-18/h1-12H,13-14H2. The topological polar surface area (TPSA) is 74.8 Å². The highest BCUT2D eigenvalue weighted by molar-refractivity contribution is 7.94. The molecule has 1 fully saturated rings. The molecule has 9 heteroatoms. The second-order valence-electron chi connectivity index (χ2n) is 7.64. The number of rotatable bonds is 3. The summed E-state index contributed by atoms with van der Waals surface area (Å²) in [7, 11) is -4.31. The summed E-state index contributed by atoms with van der Waals surface area (Å²) in [6.07, 6.45) is 0. The average molecular weight is 454 g/mol. The number of amides is 2. The lowest BCUT2D eigenvalue weighted by atomic mass is 10.0. The molecule has 0 aliphatic carbocycles. The number of hydrogen-bond donors (Lipinski definition) is 0. The third-order valence-corrected chi connectivity index (χ3v) is 7.87. The Balaban J connectivity index is 1.72. The van der Waals surface area contributed by atoms with E-state index in [9.17, 15) is 26.8 Å². The van der Waals surface area contributed by atoms with Gasteiger partial charge in [-0.2, -0.15) is 0 Å². The third-order valence-electron chi connectivity index (χ3n) is 5.76. The minimum atomic E-state index is -4.31. The van der Waals surface area contributed by atoms with Crippen molar-refractivity contribution in [1.82, 2.24) is 0 Å². The van der Waals surface area contributed by atoms with E-state index in [1.54, 1.807) is 18.2 Å². The van der Waals surface area contributed by atoms with Gasteiger partial charge >= 0.3 is 0 Å². The van der Waals surface area contributed by atoms with Gasteiger partial charge in [0.15, 0.2) is 9.84 Å². The number of fused-ring (bicyclic) bond motifs is 2. The van der Waals surface area contributed by atoms with Gasteiger partial charge in [0, 0.05) is 11.3 Å². The second-order valence-corrected chi connectivity index (χ2v) is 9.75. The second kappa shape index (κ2) is 6.96. The maximum absolute atomic E-state index is 13.9. The molecule has 0 aromatic heterocycles. The van der Waals surface area contributed by atoms with Crippen molar-refractivity contribution in [2.24, 2.45) is 0 Å². The quantitative estimate of drug-likeness (QED) is 0.610. The molecule has 0 saturated carbocycles. The Bertz CT molecular complexity index is 1360. The number of carbonyl (C=O) groups is 2. The van der Waals surface area contributed by atoms with Crippen LogP contribution in [0.5, 0.6) is 0 Å². The van der Waals surface area contributed by atoms with Crippen molar-refractivity contribution in [2.75, 3.05) is 15.6 Å². The van der Waals surface area contributed by atoms with E-state index in [1.807, 2.05) is 0 Å². The zero-order valence-electron chi connectivity index (χ0n) is 16.5. The molecule has 1 saturated heterocycles. The largest absolute Gasteiger partial charge is 0.304 e. The summed E-state index contributed by atoms with van der Waals surface area (Å²) in [5, 5.41) is 0. The van der Waals surface area contributed by atoms with Gasteiger partial charge in [-0.25, -0.2) is 17.2 Å². The summed E-state index contributed by atoms with van der Waals surface area (Å²) in [5.41, 5.74) is 1.18. The van der Waals surface area contributed by atoms with E-state index in [0.29, 0.717) is 11.3 Å². The molecule has 162 valence electrons. The normalized spacial score (nSPS) is 21.4. The highest BCUT2D eigenvalue weighted by atomic mass is 32.2. The Morgan fingerprint density at radius 2 is 1.44 bits per heavy atom. The number of carbonyl (C=O) groups excluding carboxylic acids is 2. The van der Waals surface area contributed by atoms with Gasteiger partial charge in [0.2, 0.25) is 5.91 Å². The molecule has 3 aromatic rings. The van der Waals surface area contributed by atoms with Crippen LogP contribution in [0.3, 0.4) is 0 Å². The molecule has 6 nitrogen and oxygen atoms in total. The average Bonchev–Trinajstić information content (AvgIpc) is 3.13. The molecule has 2 aliphatic rings. The van der Waals surface area contributed by atoms with Gasteiger partial charge in [-0.15, -0.1) is 0 Å². The highest BCUT2D eigenvalue weighted by Crippen LogP contribution is 2.52. The van der Waals surface area contributed by atoms with E-state index in [-0.39, 0.29) is 17.8 Å². The summed E-state index contributed by atoms with van der Waals surface area (Å²) in [6, 6.07) is 16.6. The number of hydrogen-bond acceptors (Lipinski definition) is 4. The molecule has 5 rings (SSSR count). The Morgan fingerprint density at radius 1 is 0.844 bits per heavy atom. The van der Waals surface area contributed by atoms with Gasteiger partial charge in [0.05, 0.1) is 12.2 Å². The predicted octanol–water partition coefficient (Wildman–Crippen LogP) is 3.13. The summed E-state index contributed by atoms with van der Waals surface area (Å²) in [5.74, 6) is -3.44. The number of halogens is 2. The summed E-state index contributed by atoms with van der Waals surface area (Å²) >= 11 is 0. The van der Waals surface area contributed by atoms with Gasteiger partial charge in [-0.05, 0) is 48.0 Å². The number of sulfone groups is 1. The number of anilines is 2. The number of benzene rings is 3. The fraction of sp³-hybridized carbons (Fsp3) is 0.130. The van der Waals surface area contributed by atoms with Crippen LogP contribution in [0.1, 0.15) is 11.1 Å². The van der Waals surface area contributed by atoms with Crippen molar-refractivity contribution in [1.29, 1.82) is 0 Å². The van der Waals surface area contributed by atoms with Crippen molar-refractivity contribution in [2.45, 2.75) is 11.4 Å². The molecule has 2 aliphatic heterocycles. The Labute approximate surface area is 182 Å². The van der Waals surface area contributed by atoms with Gasteiger partial charge in [0.1, 0.15) is 17.4 Å². The van der Waals surface area contributed by atoms with Crippen LogP contribution in [0.2, 0.25) is 0 Å². The first-order valence-corrected chi connectivity index (χ1v) is 11.4. The summed E-state index contributed by atoms with van der Waals surface area (Å²) in [4.78, 5) is 26.8. The number of para-hydroxylation sites is 1. The van der Waals surface area contributed by atoms with Crippen molar-refractivity contribution < 1.29 is 26.8 Å². The van der Waals surface area contributed by atoms with E-state index in [4.69, 9.17) is 0 Å². The predicted molar refractivity (Wildman–Crippen MR) is 113 cm³/mol. The molecule has 32 heavy (non-hydrogen) atoms. The minimum Gasteiger partial charge on any atom is -0.304 e. The van der Waals surface area contributed by atoms with Crippen LogP contribution >= 0.6 is 0 Å². The minimum absolute atomic E-state index is 0.0150. The number of nitrogens with zero attached hydrogens (tertiary/aromatic N) is 2. The molecule has 1 unspecified atom stereocenters. The maximum Gasteiger partial charge on any atom is 0.274 e. The van der Waals surface area contributed by atoms with Crippen LogP contribution in [0.4, 0.5) is 20.2 Å². The highest BCUT2D eigenvalue weighted by Gasteiger charge is 2.69. The fourth-order valence-corrected chi connectivity index (χ4v) is 6.44. The van der Waals surface area contributed by atoms with Gasteiger partial charge in [-0.3, -0.25) is 14.5 Å². The molecule has 2 amide bonds. The van der Waals surface area contributed by atoms with Gasteiger partial charge in [0.25, 0.3) is 10.8 Å². The molecule has 0 N–H and O–H groups in total. The molecule has 0 radical (unpaired) electrons. The maximum atomic E-state index is 13.9. The van der Waals surface area contributed by atoms with Crippen LogP contribution in [-0.2, 0) is 30.8 Å². The first-order valence-electron chi connectivity index (χ1n) is 9.72. The van der Waals surface area contributed by atoms with E-state index in [2.05, 4.69) is 0 Å². The molecule has 1 atom stereocenters. The van der Waals surface area contributed by atoms with E-state index in [0.717, 1.165) is 17.0 Å². The van der Waals surface area contributed by atoms with Gasteiger partial charge < -0.3 is 4.90 Å². The zero-order valence-corrected chi connectivity index (χ0v) is 17.4. The van der Waals surface area contributed by atoms with Crippen LogP contribution in [-0.4, -0.2) is 26.0 Å². The van der Waals surface area contributed by atoms with Crippen LogP contribution in [0, 0.1) is 11.6 Å². The van der Waals surface area contributed by atoms with E-state index >= 15 is 0 Å². The smallest absolute Gasteiger partial charge is 0.274 e. The monoisotopic (exact) mass is 454 g/mol. The van der Waals surface area contributed by atoms with Gasteiger partial charge in [-0.1, -0.05) is 30.3 Å². The lowest BCUT2D eigenvalue weighted by molar-refractivity contribution is -0.123. The molecule has 0 bridgehead atoms. The third kappa shape index (κ3) is 2.70.